The number of nitrogens with one attached hydrogen (secondary N) is 1. The van der Waals surface area contributed by atoms with Crippen LogP contribution in [-0.2, 0) is 19.8 Å². The van der Waals surface area contributed by atoms with Crippen LogP contribution in [0.3, 0.4) is 0 Å². The van der Waals surface area contributed by atoms with Gasteiger partial charge >= 0.3 is 0 Å². The molecule has 1 unspecified atom stereocenters. The van der Waals surface area contributed by atoms with Crippen LogP contribution in [0.2, 0.25) is 0 Å². The second-order valence-corrected chi connectivity index (χ2v) is 7.51. The Balaban J connectivity index is 1.63. The second-order valence-electron chi connectivity index (χ2n) is 7.14. The van der Waals surface area contributed by atoms with Crippen molar-refractivity contribution >= 4 is 12.2 Å². The number of rotatable bonds is 7. The third kappa shape index (κ3) is 4.21. The lowest BCUT2D eigenvalue weighted by molar-refractivity contribution is -0.917. The summed E-state index contributed by atoms with van der Waals surface area (Å²) in [5.74, 6) is 0. The highest BCUT2D eigenvalue weighted by molar-refractivity contribution is 7.71. The zero-order valence-electron chi connectivity index (χ0n) is 16.7. The quantitative estimate of drug-likeness (QED) is 0.481. The van der Waals surface area contributed by atoms with Crippen LogP contribution in [0.25, 0.3) is 16.9 Å². The molecule has 2 aromatic carbocycles. The number of nitrogens with zero attached hydrogens (tertiary/aromatic N) is 5. The van der Waals surface area contributed by atoms with E-state index >= 15 is 0 Å². The molecule has 0 saturated heterocycles. The maximum absolute atomic E-state index is 5.51. The zero-order valence-corrected chi connectivity index (χ0v) is 17.5. The predicted octanol–water partition coefficient (Wildman–Crippen LogP) is 2.96. The largest absolute Gasteiger partial charge is 0.315 e. The van der Waals surface area contributed by atoms with Crippen LogP contribution < -0.4 is 4.90 Å². The minimum absolute atomic E-state index is 0.705. The number of quaternary nitrogens is 1. The van der Waals surface area contributed by atoms with Crippen molar-refractivity contribution in [2.45, 2.75) is 26.7 Å². The molecule has 148 valence electrons. The van der Waals surface area contributed by atoms with Gasteiger partial charge in [-0.3, -0.25) is 0 Å². The third-order valence-corrected chi connectivity index (χ3v) is 5.35. The van der Waals surface area contributed by atoms with Crippen molar-refractivity contribution < 1.29 is 4.90 Å². The molecule has 0 aliphatic rings. The second kappa shape index (κ2) is 8.55. The fourth-order valence-corrected chi connectivity index (χ4v) is 3.71. The minimum atomic E-state index is 0.705. The summed E-state index contributed by atoms with van der Waals surface area (Å²) >= 11 is 5.51. The molecule has 6 nitrogen and oxygen atoms in total. The number of aryl methyl sites for hydroxylation is 1. The van der Waals surface area contributed by atoms with E-state index in [-0.39, 0.29) is 0 Å². The van der Waals surface area contributed by atoms with Gasteiger partial charge in [0.1, 0.15) is 18.6 Å². The Morgan fingerprint density at radius 3 is 2.34 bits per heavy atom. The van der Waals surface area contributed by atoms with Crippen LogP contribution >= 0.6 is 12.2 Å². The molecule has 2 heterocycles. The monoisotopic (exact) mass is 405 g/mol. The summed E-state index contributed by atoms with van der Waals surface area (Å²) in [5.41, 5.74) is 4.38. The van der Waals surface area contributed by atoms with Crippen LogP contribution in [-0.4, -0.2) is 31.2 Å². The lowest BCUT2D eigenvalue weighted by atomic mass is 10.1. The van der Waals surface area contributed by atoms with E-state index in [9.17, 15) is 0 Å². The molecule has 2 aromatic heterocycles. The number of para-hydroxylation sites is 1. The molecule has 0 amide bonds. The first-order valence-corrected chi connectivity index (χ1v) is 10.2. The van der Waals surface area contributed by atoms with Gasteiger partial charge in [-0.1, -0.05) is 48.5 Å². The van der Waals surface area contributed by atoms with Gasteiger partial charge in [0, 0.05) is 18.3 Å². The molecule has 29 heavy (non-hydrogen) atoms. The van der Waals surface area contributed by atoms with Gasteiger partial charge in [0.15, 0.2) is 6.67 Å². The Bertz CT molecular complexity index is 1130. The van der Waals surface area contributed by atoms with Gasteiger partial charge in [-0.15, -0.1) is 0 Å². The molecule has 0 fully saturated rings. The molecule has 0 spiro atoms. The zero-order chi connectivity index (χ0) is 20.2. The van der Waals surface area contributed by atoms with Crippen LogP contribution in [0.4, 0.5) is 0 Å². The Hall–Kier alpha value is -3.03. The van der Waals surface area contributed by atoms with Gasteiger partial charge in [-0.25, -0.2) is 4.68 Å². The molecular formula is C22H25N6S+. The normalized spacial score (nSPS) is 12.2. The fourth-order valence-electron chi connectivity index (χ4n) is 3.42. The molecule has 0 aliphatic heterocycles. The summed E-state index contributed by atoms with van der Waals surface area (Å²) < 4.78 is 6.58. The molecule has 1 N–H and O–H groups in total. The highest BCUT2D eigenvalue weighted by atomic mass is 32.1. The van der Waals surface area contributed by atoms with Gasteiger partial charge < -0.3 is 9.47 Å². The van der Waals surface area contributed by atoms with Crippen LogP contribution in [0.5, 0.6) is 0 Å². The van der Waals surface area contributed by atoms with Crippen molar-refractivity contribution in [3.8, 4) is 16.9 Å². The maximum Gasteiger partial charge on any atom is 0.202 e. The van der Waals surface area contributed by atoms with E-state index in [4.69, 9.17) is 17.3 Å². The molecule has 0 aliphatic carbocycles. The summed E-state index contributed by atoms with van der Waals surface area (Å²) in [6.45, 7) is 4.43. The number of hydrogen-bond acceptors (Lipinski definition) is 3. The first kappa shape index (κ1) is 19.3. The van der Waals surface area contributed by atoms with Gasteiger partial charge in [0.05, 0.1) is 18.3 Å². The lowest BCUT2D eigenvalue weighted by Crippen LogP contribution is -3.07. The van der Waals surface area contributed by atoms with Gasteiger partial charge in [0.25, 0.3) is 0 Å². The average Bonchev–Trinajstić information content (AvgIpc) is 3.33. The number of aromatic nitrogens is 5. The van der Waals surface area contributed by atoms with Crippen LogP contribution in [0, 0.1) is 4.77 Å². The summed E-state index contributed by atoms with van der Waals surface area (Å²) in [4.78, 5) is 1.28. The predicted molar refractivity (Wildman–Crippen MR) is 116 cm³/mol. The highest BCUT2D eigenvalue weighted by Crippen LogP contribution is 2.23. The Morgan fingerprint density at radius 2 is 1.69 bits per heavy atom. The SMILES string of the molecule is CCn1cnn(C[NH+](C)Cc2cn(-c3ccccc3)nc2-c2ccccc2)c1=S. The first-order chi connectivity index (χ1) is 14.2. The van der Waals surface area contributed by atoms with E-state index < -0.39 is 0 Å². The molecule has 0 saturated carbocycles. The number of benzene rings is 2. The Morgan fingerprint density at radius 1 is 1.00 bits per heavy atom. The topological polar surface area (TPSA) is 45.0 Å². The molecule has 4 rings (SSSR count). The summed E-state index contributed by atoms with van der Waals surface area (Å²) in [6, 6.07) is 20.6. The van der Waals surface area contributed by atoms with Gasteiger partial charge in [-0.05, 0) is 31.3 Å². The minimum Gasteiger partial charge on any atom is -0.315 e. The van der Waals surface area contributed by atoms with E-state index in [1.54, 1.807) is 6.33 Å². The van der Waals surface area contributed by atoms with E-state index in [1.165, 1.54) is 10.5 Å². The Labute approximate surface area is 175 Å². The van der Waals surface area contributed by atoms with E-state index in [0.29, 0.717) is 6.67 Å². The molecule has 0 radical (unpaired) electrons. The summed E-state index contributed by atoms with van der Waals surface area (Å²) in [5, 5.41) is 9.34. The molecule has 1 atom stereocenters. The fraction of sp³-hybridized carbons (Fsp3) is 0.227. The third-order valence-electron chi connectivity index (χ3n) is 4.91. The number of hydrogen-bond donors (Lipinski definition) is 1. The maximum atomic E-state index is 5.51. The van der Waals surface area contributed by atoms with Crippen molar-refractivity contribution in [2.24, 2.45) is 0 Å². The van der Waals surface area contributed by atoms with Crippen molar-refractivity contribution in [1.82, 2.24) is 24.1 Å². The molecule has 0 bridgehead atoms. The van der Waals surface area contributed by atoms with Crippen molar-refractivity contribution in [3.05, 3.63) is 83.5 Å². The molecule has 7 heteroatoms. The summed E-state index contributed by atoms with van der Waals surface area (Å²) in [7, 11) is 2.15. The standard InChI is InChI=1S/C22H24N6S/c1-3-26-16-23-28(22(26)29)17-25(2)14-19-15-27(20-12-8-5-9-13-20)24-21(19)18-10-6-4-7-11-18/h4-13,15-16H,3,14,17H2,1-2H3/p+1. The van der Waals surface area contributed by atoms with Crippen molar-refractivity contribution in [1.29, 1.82) is 0 Å². The van der Waals surface area contributed by atoms with Crippen LogP contribution in [0.1, 0.15) is 12.5 Å². The van der Waals surface area contributed by atoms with Gasteiger partial charge in [-0.2, -0.15) is 14.9 Å². The lowest BCUT2D eigenvalue weighted by Gasteiger charge is -2.13. The summed E-state index contributed by atoms with van der Waals surface area (Å²) in [6.07, 6.45) is 3.93. The highest BCUT2D eigenvalue weighted by Gasteiger charge is 2.17. The Kier molecular flexibility index (Phi) is 5.69. The van der Waals surface area contributed by atoms with Gasteiger partial charge in [0.2, 0.25) is 4.77 Å². The van der Waals surface area contributed by atoms with Crippen molar-refractivity contribution in [2.75, 3.05) is 7.05 Å². The van der Waals surface area contributed by atoms with Crippen LogP contribution in [0.15, 0.2) is 73.2 Å². The average molecular weight is 406 g/mol. The van der Waals surface area contributed by atoms with E-state index in [2.05, 4.69) is 49.5 Å². The smallest absolute Gasteiger partial charge is 0.202 e. The van der Waals surface area contributed by atoms with E-state index in [0.717, 1.165) is 34.8 Å². The molecular weight excluding hydrogens is 380 g/mol. The molecule has 4 aromatic rings. The first-order valence-electron chi connectivity index (χ1n) is 9.78. The van der Waals surface area contributed by atoms with E-state index in [1.807, 2.05) is 50.3 Å². The van der Waals surface area contributed by atoms with Crippen molar-refractivity contribution in [3.63, 3.8) is 0 Å².